The summed E-state index contributed by atoms with van der Waals surface area (Å²) in [6.45, 7) is 2.55. The second kappa shape index (κ2) is 7.07. The number of hydrogen-bond acceptors (Lipinski definition) is 4. The summed E-state index contributed by atoms with van der Waals surface area (Å²) in [6.07, 6.45) is 2.21. The summed E-state index contributed by atoms with van der Waals surface area (Å²) in [6, 6.07) is 8.77. The number of piperidine rings is 1. The van der Waals surface area contributed by atoms with Crippen molar-refractivity contribution in [2.75, 3.05) is 37.7 Å². The van der Waals surface area contributed by atoms with E-state index in [2.05, 4.69) is 0 Å². The van der Waals surface area contributed by atoms with Crippen molar-refractivity contribution in [2.24, 2.45) is 5.92 Å². The molecule has 0 unspecified atom stereocenters. The number of ether oxygens (including phenoxy) is 1. The first-order chi connectivity index (χ1) is 12.6. The SMILES string of the molecule is O=C([C@@H]1CCOC1)N1CCC(N2CC(=O)N(c3ccccc3)C2=O)CC1. The quantitative estimate of drug-likeness (QED) is 0.769. The summed E-state index contributed by atoms with van der Waals surface area (Å²) >= 11 is 0. The Labute approximate surface area is 152 Å². The third kappa shape index (κ3) is 3.07. The predicted molar refractivity (Wildman–Crippen MR) is 94.6 cm³/mol. The molecule has 0 spiro atoms. The number of likely N-dealkylation sites (tertiary alicyclic amines) is 1. The number of para-hydroxylation sites is 1. The van der Waals surface area contributed by atoms with Crippen molar-refractivity contribution in [3.63, 3.8) is 0 Å². The molecule has 7 heteroatoms. The summed E-state index contributed by atoms with van der Waals surface area (Å²) in [5.74, 6) is -0.0476. The van der Waals surface area contributed by atoms with Crippen molar-refractivity contribution in [1.29, 1.82) is 0 Å². The largest absolute Gasteiger partial charge is 0.381 e. The van der Waals surface area contributed by atoms with Gasteiger partial charge >= 0.3 is 6.03 Å². The Morgan fingerprint density at radius 2 is 1.77 bits per heavy atom. The predicted octanol–water partition coefficient (Wildman–Crippen LogP) is 1.48. The molecule has 1 aromatic carbocycles. The summed E-state index contributed by atoms with van der Waals surface area (Å²) in [5.41, 5.74) is 0.610. The Kier molecular flexibility index (Phi) is 4.63. The third-order valence-corrected chi connectivity index (χ3v) is 5.50. The number of rotatable bonds is 3. The fourth-order valence-electron chi connectivity index (χ4n) is 4.02. The summed E-state index contributed by atoms with van der Waals surface area (Å²) in [5, 5.41) is 0. The van der Waals surface area contributed by atoms with Crippen LogP contribution in [0.4, 0.5) is 10.5 Å². The minimum atomic E-state index is -0.254. The van der Waals surface area contributed by atoms with Gasteiger partial charge in [-0.1, -0.05) is 18.2 Å². The van der Waals surface area contributed by atoms with Gasteiger partial charge in [-0.3, -0.25) is 9.59 Å². The molecule has 0 aliphatic carbocycles. The van der Waals surface area contributed by atoms with Gasteiger partial charge < -0.3 is 14.5 Å². The maximum absolute atomic E-state index is 12.8. The Balaban J connectivity index is 1.38. The van der Waals surface area contributed by atoms with Crippen LogP contribution < -0.4 is 4.90 Å². The number of imide groups is 1. The van der Waals surface area contributed by atoms with Crippen LogP contribution in [0.5, 0.6) is 0 Å². The number of carbonyl (C=O) groups excluding carboxylic acids is 3. The van der Waals surface area contributed by atoms with E-state index in [4.69, 9.17) is 4.74 Å². The fraction of sp³-hybridized carbons (Fsp3) is 0.526. The number of amides is 4. The van der Waals surface area contributed by atoms with Crippen LogP contribution in [0.1, 0.15) is 19.3 Å². The van der Waals surface area contributed by atoms with Gasteiger partial charge in [-0.2, -0.15) is 0 Å². The van der Waals surface area contributed by atoms with E-state index >= 15 is 0 Å². The van der Waals surface area contributed by atoms with Crippen molar-refractivity contribution in [3.05, 3.63) is 30.3 Å². The molecule has 4 amide bonds. The van der Waals surface area contributed by atoms with E-state index in [9.17, 15) is 14.4 Å². The van der Waals surface area contributed by atoms with Crippen molar-refractivity contribution in [1.82, 2.24) is 9.80 Å². The standard InChI is InChI=1S/C19H23N3O4/c23-17-12-21(19(25)22(17)16-4-2-1-3-5-16)15-6-9-20(10-7-15)18(24)14-8-11-26-13-14/h1-5,14-15H,6-13H2/t14-/m1/s1. The number of carbonyl (C=O) groups is 3. The van der Waals surface area contributed by atoms with E-state index in [-0.39, 0.29) is 36.3 Å². The van der Waals surface area contributed by atoms with Gasteiger partial charge in [0, 0.05) is 25.7 Å². The smallest absolute Gasteiger partial charge is 0.332 e. The van der Waals surface area contributed by atoms with Gasteiger partial charge in [0.25, 0.3) is 5.91 Å². The Morgan fingerprint density at radius 3 is 2.42 bits per heavy atom. The third-order valence-electron chi connectivity index (χ3n) is 5.50. The van der Waals surface area contributed by atoms with Gasteiger partial charge in [-0.25, -0.2) is 9.69 Å². The molecule has 0 N–H and O–H groups in total. The van der Waals surface area contributed by atoms with Crippen LogP contribution in [0.3, 0.4) is 0 Å². The zero-order chi connectivity index (χ0) is 18.1. The molecule has 3 fully saturated rings. The molecule has 0 radical (unpaired) electrons. The van der Waals surface area contributed by atoms with Crippen molar-refractivity contribution >= 4 is 23.5 Å². The Bertz CT molecular complexity index is 694. The first-order valence-electron chi connectivity index (χ1n) is 9.20. The molecule has 0 saturated carbocycles. The lowest BCUT2D eigenvalue weighted by Crippen LogP contribution is -2.49. The van der Waals surface area contributed by atoms with Crippen LogP contribution in [-0.2, 0) is 14.3 Å². The zero-order valence-electron chi connectivity index (χ0n) is 14.7. The van der Waals surface area contributed by atoms with E-state index in [1.807, 2.05) is 23.1 Å². The zero-order valence-corrected chi connectivity index (χ0v) is 14.7. The monoisotopic (exact) mass is 357 g/mol. The van der Waals surface area contributed by atoms with Crippen molar-refractivity contribution < 1.29 is 19.1 Å². The average molecular weight is 357 g/mol. The number of urea groups is 1. The Morgan fingerprint density at radius 1 is 1.04 bits per heavy atom. The molecular formula is C19H23N3O4. The molecule has 0 bridgehead atoms. The minimum absolute atomic E-state index is 0.00374. The summed E-state index contributed by atoms with van der Waals surface area (Å²) in [7, 11) is 0. The van der Waals surface area contributed by atoms with Gasteiger partial charge in [0.15, 0.2) is 0 Å². The lowest BCUT2D eigenvalue weighted by molar-refractivity contribution is -0.137. The van der Waals surface area contributed by atoms with Gasteiger partial charge in [-0.05, 0) is 31.4 Å². The fourth-order valence-corrected chi connectivity index (χ4v) is 4.02. The summed E-state index contributed by atoms with van der Waals surface area (Å²) < 4.78 is 5.31. The number of nitrogens with zero attached hydrogens (tertiary/aromatic N) is 3. The number of hydrogen-bond donors (Lipinski definition) is 0. The van der Waals surface area contributed by atoms with Gasteiger partial charge in [0.1, 0.15) is 6.54 Å². The van der Waals surface area contributed by atoms with Crippen LogP contribution in [0.2, 0.25) is 0 Å². The van der Waals surface area contributed by atoms with Crippen molar-refractivity contribution in [2.45, 2.75) is 25.3 Å². The molecule has 0 aromatic heterocycles. The van der Waals surface area contributed by atoms with Crippen LogP contribution >= 0.6 is 0 Å². The Hall–Kier alpha value is -2.41. The van der Waals surface area contributed by atoms with E-state index < -0.39 is 0 Å². The normalized spacial score (nSPS) is 24.6. The number of anilines is 1. The van der Waals surface area contributed by atoms with Gasteiger partial charge in [-0.15, -0.1) is 0 Å². The van der Waals surface area contributed by atoms with Crippen LogP contribution in [0.15, 0.2) is 30.3 Å². The van der Waals surface area contributed by atoms with E-state index in [0.29, 0.717) is 44.8 Å². The first-order valence-corrected chi connectivity index (χ1v) is 9.20. The highest BCUT2D eigenvalue weighted by Gasteiger charge is 2.42. The topological polar surface area (TPSA) is 70.2 Å². The highest BCUT2D eigenvalue weighted by molar-refractivity contribution is 6.19. The average Bonchev–Trinajstić information content (AvgIpc) is 3.30. The second-order valence-electron chi connectivity index (χ2n) is 7.09. The molecule has 138 valence electrons. The van der Waals surface area contributed by atoms with Crippen molar-refractivity contribution in [3.8, 4) is 0 Å². The van der Waals surface area contributed by atoms with Crippen LogP contribution in [0, 0.1) is 5.92 Å². The maximum Gasteiger partial charge on any atom is 0.332 e. The highest BCUT2D eigenvalue weighted by atomic mass is 16.5. The lowest BCUT2D eigenvalue weighted by atomic mass is 10.0. The minimum Gasteiger partial charge on any atom is -0.381 e. The molecule has 3 saturated heterocycles. The van der Waals surface area contributed by atoms with E-state index in [1.165, 1.54) is 4.90 Å². The molecular weight excluding hydrogens is 334 g/mol. The molecule has 3 heterocycles. The van der Waals surface area contributed by atoms with E-state index in [1.54, 1.807) is 17.0 Å². The van der Waals surface area contributed by atoms with Crippen LogP contribution in [-0.4, -0.2) is 66.5 Å². The second-order valence-corrected chi connectivity index (χ2v) is 7.09. The summed E-state index contributed by atoms with van der Waals surface area (Å²) in [4.78, 5) is 42.4. The van der Waals surface area contributed by atoms with Gasteiger partial charge in [0.2, 0.25) is 5.91 Å². The maximum atomic E-state index is 12.8. The van der Waals surface area contributed by atoms with Crippen LogP contribution in [0.25, 0.3) is 0 Å². The molecule has 26 heavy (non-hydrogen) atoms. The highest BCUT2D eigenvalue weighted by Crippen LogP contribution is 2.27. The van der Waals surface area contributed by atoms with E-state index in [0.717, 1.165) is 6.42 Å². The van der Waals surface area contributed by atoms with Gasteiger partial charge in [0.05, 0.1) is 18.2 Å². The molecule has 4 rings (SSSR count). The number of benzene rings is 1. The first kappa shape index (κ1) is 17.0. The molecule has 1 aromatic rings. The molecule has 3 aliphatic rings. The molecule has 1 atom stereocenters. The molecule has 3 aliphatic heterocycles. The molecule has 7 nitrogen and oxygen atoms in total. The lowest BCUT2D eigenvalue weighted by Gasteiger charge is -2.37.